The highest BCUT2D eigenvalue weighted by Gasteiger charge is 2.25. The van der Waals surface area contributed by atoms with E-state index in [0.717, 1.165) is 5.56 Å². The fourth-order valence-corrected chi connectivity index (χ4v) is 2.66. The molecule has 2 N–H and O–H groups in total. The van der Waals surface area contributed by atoms with Gasteiger partial charge in [0.25, 0.3) is 0 Å². The van der Waals surface area contributed by atoms with Gasteiger partial charge in [0.05, 0.1) is 25.9 Å². The van der Waals surface area contributed by atoms with Crippen LogP contribution in [-0.2, 0) is 20.9 Å². The fourth-order valence-electron chi connectivity index (χ4n) is 2.66. The molecule has 0 aliphatic heterocycles. The number of hydrogen-bond donors (Lipinski definition) is 2. The highest BCUT2D eigenvalue weighted by atomic mass is 16.5. The number of ether oxygens (including phenoxy) is 3. The molecule has 0 saturated heterocycles. The number of benzene rings is 1. The third-order valence-corrected chi connectivity index (χ3v) is 4.25. The molecule has 2 atom stereocenters. The Morgan fingerprint density at radius 1 is 1.07 bits per heavy atom. The van der Waals surface area contributed by atoms with Crippen molar-refractivity contribution in [3.05, 3.63) is 29.8 Å². The van der Waals surface area contributed by atoms with E-state index < -0.39 is 18.1 Å². The fraction of sp³-hybridized carbons (Fsp3) is 0.667. The van der Waals surface area contributed by atoms with Crippen molar-refractivity contribution in [3.63, 3.8) is 0 Å². The summed E-state index contributed by atoms with van der Waals surface area (Å²) in [4.78, 5) is 12.9. The van der Waals surface area contributed by atoms with Crippen LogP contribution in [0.15, 0.2) is 24.3 Å². The molecule has 7 nitrogen and oxygen atoms in total. The zero-order chi connectivity index (χ0) is 21.1. The van der Waals surface area contributed by atoms with Crippen LogP contribution in [0.4, 0.5) is 0 Å². The molecule has 0 spiro atoms. The first-order valence-corrected chi connectivity index (χ1v) is 9.78. The van der Waals surface area contributed by atoms with Crippen LogP contribution in [0.5, 0.6) is 5.75 Å². The van der Waals surface area contributed by atoms with Gasteiger partial charge < -0.3 is 24.4 Å². The van der Waals surface area contributed by atoms with Gasteiger partial charge in [0.1, 0.15) is 24.5 Å². The molecule has 0 bridgehead atoms. The summed E-state index contributed by atoms with van der Waals surface area (Å²) in [5.41, 5.74) is 1.03. The molecule has 1 aromatic rings. The van der Waals surface area contributed by atoms with Crippen LogP contribution in [0.2, 0.25) is 0 Å². The zero-order valence-electron chi connectivity index (χ0n) is 17.6. The molecule has 0 heterocycles. The molecule has 0 amide bonds. The molecule has 0 fully saturated rings. The van der Waals surface area contributed by atoms with E-state index in [1.807, 2.05) is 52.0 Å². The van der Waals surface area contributed by atoms with Crippen molar-refractivity contribution in [2.75, 3.05) is 26.4 Å². The first kappa shape index (κ1) is 24.4. The minimum atomic E-state index is -0.907. The van der Waals surface area contributed by atoms with E-state index in [9.17, 15) is 15.0 Å². The Morgan fingerprint density at radius 2 is 1.71 bits per heavy atom. The van der Waals surface area contributed by atoms with Gasteiger partial charge in [-0.25, -0.2) is 0 Å². The lowest BCUT2D eigenvalue weighted by atomic mass is 10.2. The lowest BCUT2D eigenvalue weighted by Crippen LogP contribution is -2.48. The quantitative estimate of drug-likeness (QED) is 0.466. The number of aliphatic hydroxyl groups excluding tert-OH is 1. The van der Waals surface area contributed by atoms with Crippen molar-refractivity contribution in [1.82, 2.24) is 4.90 Å². The first-order valence-electron chi connectivity index (χ1n) is 9.78. The Balaban J connectivity index is 2.38. The summed E-state index contributed by atoms with van der Waals surface area (Å²) in [6.07, 6.45) is -0.580. The Hall–Kier alpha value is -1.67. The van der Waals surface area contributed by atoms with Gasteiger partial charge >= 0.3 is 5.97 Å². The summed E-state index contributed by atoms with van der Waals surface area (Å²) in [5, 5.41) is 19.4. The monoisotopic (exact) mass is 397 g/mol. The number of aliphatic hydroxyl groups is 1. The van der Waals surface area contributed by atoms with Gasteiger partial charge in [-0.05, 0) is 52.3 Å². The second-order valence-electron chi connectivity index (χ2n) is 7.39. The van der Waals surface area contributed by atoms with Gasteiger partial charge in [-0.3, -0.25) is 9.69 Å². The van der Waals surface area contributed by atoms with Crippen molar-refractivity contribution in [2.45, 2.75) is 65.5 Å². The van der Waals surface area contributed by atoms with E-state index in [0.29, 0.717) is 25.6 Å². The maximum absolute atomic E-state index is 11.2. The molecule has 160 valence electrons. The molecule has 0 radical (unpaired) electrons. The molecule has 28 heavy (non-hydrogen) atoms. The molecule has 2 unspecified atom stereocenters. The SMILES string of the molecule is CC(C)OCCOCc1ccc(OCC(O)CN(C(C)C)C(C)C(=O)O)cc1. The number of hydrogen-bond acceptors (Lipinski definition) is 6. The number of carboxylic acid groups (broad SMARTS) is 1. The standard InChI is InChI=1S/C21H35NO6/c1-15(2)22(17(5)21(24)25)12-19(23)14-28-20-8-6-18(7-9-20)13-26-10-11-27-16(3)4/h6-9,15-17,19,23H,10-14H2,1-5H3,(H,24,25). The molecule has 7 heteroatoms. The highest BCUT2D eigenvalue weighted by Crippen LogP contribution is 2.14. The summed E-state index contributed by atoms with van der Waals surface area (Å²) in [5.74, 6) is -0.260. The Morgan fingerprint density at radius 3 is 2.25 bits per heavy atom. The average Bonchev–Trinajstić information content (AvgIpc) is 2.64. The number of carboxylic acids is 1. The molecule has 1 aromatic carbocycles. The van der Waals surface area contributed by atoms with E-state index in [4.69, 9.17) is 14.2 Å². The maximum atomic E-state index is 11.2. The van der Waals surface area contributed by atoms with Gasteiger partial charge in [0.2, 0.25) is 0 Å². The maximum Gasteiger partial charge on any atom is 0.320 e. The number of rotatable bonds is 14. The minimum Gasteiger partial charge on any atom is -0.491 e. The van der Waals surface area contributed by atoms with E-state index in [-0.39, 0.29) is 25.3 Å². The largest absolute Gasteiger partial charge is 0.491 e. The van der Waals surface area contributed by atoms with Crippen molar-refractivity contribution in [1.29, 1.82) is 0 Å². The topological polar surface area (TPSA) is 88.5 Å². The van der Waals surface area contributed by atoms with Crippen LogP contribution in [0.25, 0.3) is 0 Å². The Bertz CT molecular complexity index is 561. The summed E-state index contributed by atoms with van der Waals surface area (Å²) < 4.78 is 16.6. The van der Waals surface area contributed by atoms with E-state index >= 15 is 0 Å². The first-order chi connectivity index (χ1) is 13.2. The smallest absolute Gasteiger partial charge is 0.320 e. The van der Waals surface area contributed by atoms with Crippen LogP contribution >= 0.6 is 0 Å². The summed E-state index contributed by atoms with van der Waals surface area (Å²) in [6.45, 7) is 11.4. The Labute approximate surface area is 168 Å². The summed E-state index contributed by atoms with van der Waals surface area (Å²) >= 11 is 0. The predicted octanol–water partition coefficient (Wildman–Crippen LogP) is 2.55. The number of carbonyl (C=O) groups is 1. The summed E-state index contributed by atoms with van der Waals surface area (Å²) in [6, 6.07) is 6.83. The van der Waals surface area contributed by atoms with E-state index in [2.05, 4.69) is 0 Å². The molecule has 1 rings (SSSR count). The van der Waals surface area contributed by atoms with Crippen LogP contribution < -0.4 is 4.74 Å². The van der Waals surface area contributed by atoms with Crippen molar-refractivity contribution in [2.24, 2.45) is 0 Å². The summed E-state index contributed by atoms with van der Waals surface area (Å²) in [7, 11) is 0. The van der Waals surface area contributed by atoms with Gasteiger partial charge in [0.15, 0.2) is 0 Å². The van der Waals surface area contributed by atoms with Crippen LogP contribution in [0.1, 0.15) is 40.2 Å². The molecule has 0 aliphatic carbocycles. The second kappa shape index (κ2) is 12.7. The van der Waals surface area contributed by atoms with Gasteiger partial charge in [0, 0.05) is 12.6 Å². The molecule has 0 saturated carbocycles. The molecule has 0 aromatic heterocycles. The molecule has 0 aliphatic rings. The van der Waals surface area contributed by atoms with Gasteiger partial charge in [-0.1, -0.05) is 12.1 Å². The van der Waals surface area contributed by atoms with Crippen LogP contribution in [0.3, 0.4) is 0 Å². The predicted molar refractivity (Wildman–Crippen MR) is 108 cm³/mol. The highest BCUT2D eigenvalue weighted by molar-refractivity contribution is 5.72. The lowest BCUT2D eigenvalue weighted by Gasteiger charge is -2.31. The number of aliphatic carboxylic acids is 1. The normalized spacial score (nSPS) is 13.9. The number of nitrogens with zero attached hydrogens (tertiary/aromatic N) is 1. The minimum absolute atomic E-state index is 0.00553. The van der Waals surface area contributed by atoms with Gasteiger partial charge in [-0.15, -0.1) is 0 Å². The molecular weight excluding hydrogens is 362 g/mol. The van der Waals surface area contributed by atoms with Crippen LogP contribution in [0, 0.1) is 0 Å². The third-order valence-electron chi connectivity index (χ3n) is 4.25. The van der Waals surface area contributed by atoms with Crippen molar-refractivity contribution in [3.8, 4) is 5.75 Å². The van der Waals surface area contributed by atoms with Gasteiger partial charge in [-0.2, -0.15) is 0 Å². The third kappa shape index (κ3) is 9.50. The van der Waals surface area contributed by atoms with Crippen molar-refractivity contribution >= 4 is 5.97 Å². The average molecular weight is 398 g/mol. The van der Waals surface area contributed by atoms with Crippen molar-refractivity contribution < 1.29 is 29.2 Å². The van der Waals surface area contributed by atoms with Crippen LogP contribution in [-0.4, -0.2) is 71.7 Å². The second-order valence-corrected chi connectivity index (χ2v) is 7.39. The Kier molecular flexibility index (Phi) is 11.1. The van der Waals surface area contributed by atoms with E-state index in [1.54, 1.807) is 11.8 Å². The molecular formula is C21H35NO6. The zero-order valence-corrected chi connectivity index (χ0v) is 17.6. The lowest BCUT2D eigenvalue weighted by molar-refractivity contribution is -0.144. The van der Waals surface area contributed by atoms with E-state index in [1.165, 1.54) is 0 Å².